The maximum absolute atomic E-state index is 12.2. The van der Waals surface area contributed by atoms with E-state index < -0.39 is 17.4 Å². The lowest BCUT2D eigenvalue weighted by atomic mass is 10.2. The lowest BCUT2D eigenvalue weighted by Crippen LogP contribution is -2.48. The Balaban J connectivity index is 1.17. The maximum Gasteiger partial charge on any atom is 0.329 e. The fourth-order valence-corrected chi connectivity index (χ4v) is 5.08. The Morgan fingerprint density at radius 1 is 1.09 bits per heavy atom. The number of β-amino-alcohol motifs (C(OH)–C–C–N with tert-alkyl or cyclic N) is 1. The Morgan fingerprint density at radius 2 is 1.82 bits per heavy atom. The maximum atomic E-state index is 12.2. The van der Waals surface area contributed by atoms with Crippen molar-refractivity contribution >= 4 is 22.9 Å². The zero-order valence-electron chi connectivity index (χ0n) is 19.0. The van der Waals surface area contributed by atoms with Crippen LogP contribution >= 0.6 is 11.8 Å². The monoisotopic (exact) mass is 472 g/mol. The summed E-state index contributed by atoms with van der Waals surface area (Å²) in [7, 11) is 1.58. The molecule has 33 heavy (non-hydrogen) atoms. The van der Waals surface area contributed by atoms with Crippen LogP contribution in [0.1, 0.15) is 12.8 Å². The molecule has 1 atom stereocenters. The van der Waals surface area contributed by atoms with Crippen LogP contribution in [-0.4, -0.2) is 85.1 Å². The molecule has 1 aliphatic heterocycles. The Bertz CT molecular complexity index is 1150. The molecule has 3 aromatic rings. The Hall–Kier alpha value is -2.40. The van der Waals surface area contributed by atoms with Crippen LogP contribution in [0.15, 0.2) is 51.1 Å². The minimum Gasteiger partial charge on any atom is -0.392 e. The molecule has 0 aliphatic carbocycles. The fourth-order valence-electron chi connectivity index (χ4n) is 4.22. The van der Waals surface area contributed by atoms with Gasteiger partial charge in [-0.15, -0.1) is 11.8 Å². The Labute approximate surface area is 197 Å². The number of aromatic amines is 1. The van der Waals surface area contributed by atoms with Gasteiger partial charge >= 0.3 is 5.69 Å². The smallest absolute Gasteiger partial charge is 0.329 e. The number of imidazole rings is 1. The van der Waals surface area contributed by atoms with Crippen molar-refractivity contribution in [2.24, 2.45) is 7.05 Å². The molecule has 178 valence electrons. The normalized spacial score (nSPS) is 16.4. The predicted octanol–water partition coefficient (Wildman–Crippen LogP) is 0.974. The average molecular weight is 473 g/mol. The number of aliphatic hydroxyl groups is 1. The highest BCUT2D eigenvalue weighted by atomic mass is 32.2. The van der Waals surface area contributed by atoms with Gasteiger partial charge < -0.3 is 14.6 Å². The lowest BCUT2D eigenvalue weighted by molar-refractivity contribution is 0.0668. The summed E-state index contributed by atoms with van der Waals surface area (Å²) < 4.78 is 3.03. The second-order valence-electron chi connectivity index (χ2n) is 8.53. The number of H-pyrrole nitrogens is 1. The van der Waals surface area contributed by atoms with Gasteiger partial charge in [0.1, 0.15) is 0 Å². The molecule has 2 aromatic heterocycles. The van der Waals surface area contributed by atoms with E-state index in [1.165, 1.54) is 15.9 Å². The van der Waals surface area contributed by atoms with Gasteiger partial charge in [-0.2, -0.15) is 0 Å². The van der Waals surface area contributed by atoms with Crippen molar-refractivity contribution in [3.05, 3.63) is 57.5 Å². The summed E-state index contributed by atoms with van der Waals surface area (Å²) in [4.78, 5) is 36.5. The SMILES string of the molecule is Cn1c(=O)[nH]c(=O)c2c1ncn2CCC(O)CN1CCN(CCCSc2ccccc2)CC1. The molecule has 4 rings (SSSR count). The van der Waals surface area contributed by atoms with Crippen molar-refractivity contribution in [1.82, 2.24) is 28.9 Å². The first-order valence-corrected chi connectivity index (χ1v) is 12.4. The average Bonchev–Trinajstić information content (AvgIpc) is 3.26. The number of aromatic nitrogens is 4. The van der Waals surface area contributed by atoms with E-state index in [1.807, 2.05) is 17.8 Å². The van der Waals surface area contributed by atoms with E-state index in [2.05, 4.69) is 44.0 Å². The molecule has 10 heteroatoms. The highest BCUT2D eigenvalue weighted by molar-refractivity contribution is 7.99. The molecule has 2 N–H and O–H groups in total. The summed E-state index contributed by atoms with van der Waals surface area (Å²) in [6, 6.07) is 10.5. The molecular formula is C23H32N6O3S. The van der Waals surface area contributed by atoms with Crippen LogP contribution in [0.5, 0.6) is 0 Å². The lowest BCUT2D eigenvalue weighted by Gasteiger charge is -2.35. The number of benzene rings is 1. The number of nitrogens with zero attached hydrogens (tertiary/aromatic N) is 5. The van der Waals surface area contributed by atoms with Crippen LogP contribution in [0, 0.1) is 0 Å². The topological polar surface area (TPSA) is 99.4 Å². The molecule has 0 bridgehead atoms. The number of nitrogens with one attached hydrogen (secondary N) is 1. The van der Waals surface area contributed by atoms with Crippen molar-refractivity contribution in [3.8, 4) is 0 Å². The first-order valence-electron chi connectivity index (χ1n) is 11.5. The van der Waals surface area contributed by atoms with Gasteiger partial charge in [-0.25, -0.2) is 9.78 Å². The van der Waals surface area contributed by atoms with Crippen molar-refractivity contribution < 1.29 is 5.11 Å². The van der Waals surface area contributed by atoms with Gasteiger partial charge in [0, 0.05) is 51.2 Å². The zero-order valence-corrected chi connectivity index (χ0v) is 19.8. The number of thioether (sulfide) groups is 1. The van der Waals surface area contributed by atoms with Gasteiger partial charge in [-0.1, -0.05) is 18.2 Å². The number of hydrogen-bond acceptors (Lipinski definition) is 7. The van der Waals surface area contributed by atoms with Gasteiger partial charge in [0.2, 0.25) is 0 Å². The first-order chi connectivity index (χ1) is 16.0. The van der Waals surface area contributed by atoms with Gasteiger partial charge in [0.05, 0.1) is 12.4 Å². The molecule has 0 amide bonds. The summed E-state index contributed by atoms with van der Waals surface area (Å²) in [6.45, 7) is 6.17. The largest absolute Gasteiger partial charge is 0.392 e. The molecule has 0 saturated carbocycles. The second kappa shape index (κ2) is 11.1. The zero-order chi connectivity index (χ0) is 23.2. The summed E-state index contributed by atoms with van der Waals surface area (Å²) in [5.74, 6) is 1.13. The van der Waals surface area contributed by atoms with Crippen LogP contribution in [0.2, 0.25) is 0 Å². The third kappa shape index (κ3) is 6.14. The molecule has 0 spiro atoms. The van der Waals surface area contributed by atoms with E-state index in [0.29, 0.717) is 30.7 Å². The summed E-state index contributed by atoms with van der Waals surface area (Å²) in [5, 5.41) is 10.6. The standard InChI is InChI=1S/C23H32N6O3S/c1-26-21-20(22(31)25-23(26)32)29(17-24-21)10-8-18(30)16-28-13-11-27(12-14-28)9-5-15-33-19-6-3-2-4-7-19/h2-4,6-7,17-18,30H,5,8-16H2,1H3,(H,25,31,32). The van der Waals surface area contributed by atoms with Gasteiger partial charge in [-0.05, 0) is 37.3 Å². The molecular weight excluding hydrogens is 440 g/mol. The van der Waals surface area contributed by atoms with Gasteiger partial charge in [-0.3, -0.25) is 19.2 Å². The number of fused-ring (bicyclic) bond motifs is 1. The molecule has 0 radical (unpaired) electrons. The molecule has 1 aromatic carbocycles. The Morgan fingerprint density at radius 3 is 2.58 bits per heavy atom. The second-order valence-corrected chi connectivity index (χ2v) is 9.70. The number of aryl methyl sites for hydroxylation is 2. The van der Waals surface area contributed by atoms with E-state index in [9.17, 15) is 14.7 Å². The molecule has 1 fully saturated rings. The van der Waals surface area contributed by atoms with E-state index >= 15 is 0 Å². The summed E-state index contributed by atoms with van der Waals surface area (Å²) in [5.41, 5.74) is -0.204. The van der Waals surface area contributed by atoms with E-state index in [0.717, 1.165) is 38.5 Å². The molecule has 1 aliphatic rings. The number of piperazine rings is 1. The van der Waals surface area contributed by atoms with Crippen LogP contribution < -0.4 is 11.2 Å². The van der Waals surface area contributed by atoms with Crippen molar-refractivity contribution in [1.29, 1.82) is 0 Å². The number of aliphatic hydroxyl groups excluding tert-OH is 1. The highest BCUT2D eigenvalue weighted by Gasteiger charge is 2.19. The third-order valence-corrected chi connectivity index (χ3v) is 7.24. The minimum atomic E-state index is -0.483. The van der Waals surface area contributed by atoms with Crippen LogP contribution in [0.25, 0.3) is 11.2 Å². The van der Waals surface area contributed by atoms with Gasteiger partial charge in [0.25, 0.3) is 5.56 Å². The quantitative estimate of drug-likeness (QED) is 0.335. The molecule has 1 saturated heterocycles. The minimum absolute atomic E-state index is 0.358. The molecule has 9 nitrogen and oxygen atoms in total. The van der Waals surface area contributed by atoms with Crippen LogP contribution in [0.4, 0.5) is 0 Å². The van der Waals surface area contributed by atoms with Crippen molar-refractivity contribution in [3.63, 3.8) is 0 Å². The third-order valence-electron chi connectivity index (χ3n) is 6.14. The van der Waals surface area contributed by atoms with E-state index in [-0.39, 0.29) is 0 Å². The summed E-state index contributed by atoms with van der Waals surface area (Å²) >= 11 is 1.91. The fraction of sp³-hybridized carbons (Fsp3) is 0.522. The number of rotatable bonds is 10. The summed E-state index contributed by atoms with van der Waals surface area (Å²) in [6.07, 6.45) is 2.76. The van der Waals surface area contributed by atoms with E-state index in [1.54, 1.807) is 17.9 Å². The van der Waals surface area contributed by atoms with Gasteiger partial charge in [0.15, 0.2) is 11.2 Å². The highest BCUT2D eigenvalue weighted by Crippen LogP contribution is 2.18. The molecule has 1 unspecified atom stereocenters. The Kier molecular flexibility index (Phi) is 8.02. The van der Waals surface area contributed by atoms with Crippen molar-refractivity contribution in [2.45, 2.75) is 30.4 Å². The van der Waals surface area contributed by atoms with E-state index in [4.69, 9.17) is 0 Å². The number of hydrogen-bond donors (Lipinski definition) is 2. The molecule has 3 heterocycles. The first kappa shape index (κ1) is 23.7. The van der Waals surface area contributed by atoms with Crippen LogP contribution in [0.3, 0.4) is 0 Å². The predicted molar refractivity (Wildman–Crippen MR) is 131 cm³/mol. The van der Waals surface area contributed by atoms with Crippen molar-refractivity contribution in [2.75, 3.05) is 45.0 Å². The van der Waals surface area contributed by atoms with Crippen LogP contribution in [-0.2, 0) is 13.6 Å².